The second-order valence-corrected chi connectivity index (χ2v) is 7.63. The molecule has 1 unspecified atom stereocenters. The molecule has 1 aromatic heterocycles. The Balaban J connectivity index is 1.75. The van der Waals surface area contributed by atoms with Gasteiger partial charge in [-0.1, -0.05) is 44.0 Å². The summed E-state index contributed by atoms with van der Waals surface area (Å²) in [4.78, 5) is 14.7. The number of H-pyrrole nitrogens is 1. The van der Waals surface area contributed by atoms with E-state index in [-0.39, 0.29) is 24.8 Å². The molecule has 4 rings (SSSR count). The molecule has 31 heavy (non-hydrogen) atoms. The number of aromatic amines is 1. The second kappa shape index (κ2) is 9.22. The van der Waals surface area contributed by atoms with Crippen LogP contribution in [0.1, 0.15) is 53.8 Å². The molecule has 0 saturated carbocycles. The number of hydrogen-bond acceptors (Lipinski definition) is 5. The summed E-state index contributed by atoms with van der Waals surface area (Å²) < 4.78 is 5.92. The molecule has 1 aliphatic rings. The van der Waals surface area contributed by atoms with Gasteiger partial charge in [0, 0.05) is 17.7 Å². The number of para-hydroxylation sites is 1. The number of aromatic nitrogens is 2. The molecular weight excluding hydrogens is 394 g/mol. The van der Waals surface area contributed by atoms with Crippen molar-refractivity contribution in [3.05, 3.63) is 65.4 Å². The normalized spacial score (nSPS) is 15.4. The molecule has 3 N–H and O–H groups in total. The van der Waals surface area contributed by atoms with Gasteiger partial charge in [0.15, 0.2) is 0 Å². The number of hydrogen-bond donors (Lipinski definition) is 3. The highest BCUT2D eigenvalue weighted by atomic mass is 16.5. The fourth-order valence-corrected chi connectivity index (χ4v) is 4.08. The maximum absolute atomic E-state index is 13.1. The smallest absolute Gasteiger partial charge is 0.273 e. The van der Waals surface area contributed by atoms with Crippen molar-refractivity contribution < 1.29 is 19.7 Å². The van der Waals surface area contributed by atoms with E-state index < -0.39 is 6.04 Å². The monoisotopic (exact) mass is 421 g/mol. The molecule has 0 fully saturated rings. The van der Waals surface area contributed by atoms with E-state index >= 15 is 0 Å². The number of nitrogens with one attached hydrogen (secondary N) is 1. The van der Waals surface area contributed by atoms with E-state index in [0.29, 0.717) is 29.1 Å². The van der Waals surface area contributed by atoms with Crippen molar-refractivity contribution in [3.8, 4) is 22.8 Å². The molecule has 162 valence electrons. The van der Waals surface area contributed by atoms with Gasteiger partial charge in [-0.25, -0.2) is 0 Å². The fourth-order valence-electron chi connectivity index (χ4n) is 4.08. The number of aliphatic hydroxyl groups excluding tert-OH is 1. The van der Waals surface area contributed by atoms with E-state index in [1.54, 1.807) is 23.1 Å². The van der Waals surface area contributed by atoms with Crippen molar-refractivity contribution in [2.24, 2.45) is 0 Å². The Bertz CT molecular complexity index is 1060. The van der Waals surface area contributed by atoms with Gasteiger partial charge in [0.25, 0.3) is 5.91 Å². The Morgan fingerprint density at radius 2 is 2.00 bits per heavy atom. The third kappa shape index (κ3) is 4.01. The number of phenolic OH excluding ortho intramolecular Hbond substituents is 1. The maximum atomic E-state index is 13.1. The molecular formula is C24H27N3O4. The minimum atomic E-state index is -0.442. The van der Waals surface area contributed by atoms with Crippen molar-refractivity contribution in [2.75, 3.05) is 19.8 Å². The minimum absolute atomic E-state index is 0.0941. The van der Waals surface area contributed by atoms with Gasteiger partial charge in [-0.2, -0.15) is 5.10 Å². The zero-order valence-electron chi connectivity index (χ0n) is 17.5. The zero-order valence-corrected chi connectivity index (χ0v) is 17.5. The summed E-state index contributed by atoms with van der Waals surface area (Å²) in [5.41, 5.74) is 3.03. The van der Waals surface area contributed by atoms with Crippen molar-refractivity contribution in [2.45, 2.75) is 32.2 Å². The lowest BCUT2D eigenvalue weighted by atomic mass is 9.95. The summed E-state index contributed by atoms with van der Waals surface area (Å²) in [6.07, 6.45) is 3.23. The quantitative estimate of drug-likeness (QED) is 0.455. The van der Waals surface area contributed by atoms with Gasteiger partial charge in [-0.15, -0.1) is 0 Å². The summed E-state index contributed by atoms with van der Waals surface area (Å²) >= 11 is 0. The number of phenols is 1. The molecule has 7 heteroatoms. The maximum Gasteiger partial charge on any atom is 0.273 e. The van der Waals surface area contributed by atoms with Crippen molar-refractivity contribution >= 4 is 5.91 Å². The Labute approximate surface area is 181 Å². The topological polar surface area (TPSA) is 98.7 Å². The molecule has 1 atom stereocenters. The van der Waals surface area contributed by atoms with E-state index in [1.807, 2.05) is 30.3 Å². The minimum Gasteiger partial charge on any atom is -0.507 e. The Kier molecular flexibility index (Phi) is 6.23. The van der Waals surface area contributed by atoms with Crippen LogP contribution in [0.2, 0.25) is 0 Å². The van der Waals surface area contributed by atoms with Crippen LogP contribution in [0.5, 0.6) is 11.5 Å². The number of unbranched alkanes of at least 4 members (excludes halogenated alkanes) is 2. The van der Waals surface area contributed by atoms with Crippen LogP contribution in [-0.2, 0) is 0 Å². The van der Waals surface area contributed by atoms with Crippen LogP contribution >= 0.6 is 0 Å². The average molecular weight is 421 g/mol. The SMILES string of the molecule is CCCCCOc1cccc(C2c3c(-c4ccccc4O)n[nH]c3C(=O)N2CCO)c1. The van der Waals surface area contributed by atoms with Gasteiger partial charge in [-0.3, -0.25) is 9.89 Å². The predicted molar refractivity (Wildman–Crippen MR) is 117 cm³/mol. The van der Waals surface area contributed by atoms with Crippen LogP contribution in [-0.4, -0.2) is 51.0 Å². The Morgan fingerprint density at radius 1 is 1.16 bits per heavy atom. The first-order valence-corrected chi connectivity index (χ1v) is 10.7. The summed E-state index contributed by atoms with van der Waals surface area (Å²) in [6, 6.07) is 14.2. The summed E-state index contributed by atoms with van der Waals surface area (Å²) in [5, 5.41) is 27.2. The number of amides is 1. The highest BCUT2D eigenvalue weighted by Gasteiger charge is 2.42. The highest BCUT2D eigenvalue weighted by molar-refractivity contribution is 6.00. The average Bonchev–Trinajstić information content (AvgIpc) is 3.31. The van der Waals surface area contributed by atoms with Crippen molar-refractivity contribution in [3.63, 3.8) is 0 Å². The number of nitrogens with zero attached hydrogens (tertiary/aromatic N) is 2. The van der Waals surface area contributed by atoms with Gasteiger partial charge in [0.2, 0.25) is 0 Å². The van der Waals surface area contributed by atoms with Gasteiger partial charge in [0.1, 0.15) is 22.9 Å². The van der Waals surface area contributed by atoms with Crippen LogP contribution in [0, 0.1) is 0 Å². The number of aromatic hydroxyl groups is 1. The first kappa shape index (κ1) is 20.9. The Hall–Kier alpha value is -3.32. The first-order chi connectivity index (χ1) is 15.2. The first-order valence-electron chi connectivity index (χ1n) is 10.7. The molecule has 7 nitrogen and oxygen atoms in total. The molecule has 2 heterocycles. The number of benzene rings is 2. The van der Waals surface area contributed by atoms with Crippen LogP contribution in [0.25, 0.3) is 11.3 Å². The highest BCUT2D eigenvalue weighted by Crippen LogP contribution is 2.44. The van der Waals surface area contributed by atoms with Gasteiger partial charge in [0.05, 0.1) is 19.3 Å². The molecule has 0 spiro atoms. The van der Waals surface area contributed by atoms with Crippen molar-refractivity contribution in [1.29, 1.82) is 0 Å². The molecule has 3 aromatic rings. The number of β-amino-alcohol motifs (C(OH)–C–C–N with tert-alkyl or cyclic N) is 1. The number of carbonyl (C=O) groups is 1. The van der Waals surface area contributed by atoms with E-state index in [2.05, 4.69) is 17.1 Å². The number of rotatable bonds is 9. The van der Waals surface area contributed by atoms with Gasteiger partial charge in [-0.05, 0) is 36.2 Å². The number of ether oxygens (including phenoxy) is 1. The second-order valence-electron chi connectivity index (χ2n) is 7.63. The lowest BCUT2D eigenvalue weighted by molar-refractivity contribution is 0.0706. The van der Waals surface area contributed by atoms with E-state index in [4.69, 9.17) is 4.74 Å². The lowest BCUT2D eigenvalue weighted by Crippen LogP contribution is -2.32. The van der Waals surface area contributed by atoms with Crippen LogP contribution in [0.4, 0.5) is 0 Å². The van der Waals surface area contributed by atoms with Crippen molar-refractivity contribution in [1.82, 2.24) is 15.1 Å². The molecule has 0 radical (unpaired) electrons. The van der Waals surface area contributed by atoms with Gasteiger partial charge < -0.3 is 19.8 Å². The predicted octanol–water partition coefficient (Wildman–Crippen LogP) is 3.89. The Morgan fingerprint density at radius 3 is 2.77 bits per heavy atom. The molecule has 2 aromatic carbocycles. The zero-order chi connectivity index (χ0) is 21.8. The molecule has 1 amide bonds. The number of fused-ring (bicyclic) bond motifs is 1. The van der Waals surface area contributed by atoms with E-state index in [1.165, 1.54) is 0 Å². The van der Waals surface area contributed by atoms with Gasteiger partial charge >= 0.3 is 0 Å². The molecule has 0 aliphatic carbocycles. The van der Waals surface area contributed by atoms with E-state index in [9.17, 15) is 15.0 Å². The fraction of sp³-hybridized carbons (Fsp3) is 0.333. The summed E-state index contributed by atoms with van der Waals surface area (Å²) in [6.45, 7) is 2.83. The lowest BCUT2D eigenvalue weighted by Gasteiger charge is -2.26. The molecule has 0 saturated heterocycles. The largest absolute Gasteiger partial charge is 0.507 e. The summed E-state index contributed by atoms with van der Waals surface area (Å²) in [5.74, 6) is 0.611. The number of carbonyl (C=O) groups excluding carboxylic acids is 1. The standard InChI is InChI=1S/C24H27N3O4/c1-2-3-6-14-31-17-9-7-8-16(15-17)23-20-21(18-10-4-5-11-19(18)29)25-26-22(20)24(30)27(23)12-13-28/h4-5,7-11,15,23,28-29H,2-3,6,12-14H2,1H3,(H,25,26). The van der Waals surface area contributed by atoms with Crippen LogP contribution < -0.4 is 4.74 Å². The third-order valence-electron chi connectivity index (χ3n) is 5.55. The molecule has 0 bridgehead atoms. The van der Waals surface area contributed by atoms with E-state index in [0.717, 1.165) is 30.6 Å². The molecule has 1 aliphatic heterocycles. The number of aliphatic hydroxyl groups is 1. The summed E-state index contributed by atoms with van der Waals surface area (Å²) in [7, 11) is 0. The van der Waals surface area contributed by atoms with Crippen LogP contribution in [0.3, 0.4) is 0 Å². The third-order valence-corrected chi connectivity index (χ3v) is 5.55. The van der Waals surface area contributed by atoms with Crippen LogP contribution in [0.15, 0.2) is 48.5 Å².